The van der Waals surface area contributed by atoms with Crippen LogP contribution in [0.1, 0.15) is 50.8 Å². The van der Waals surface area contributed by atoms with Crippen molar-refractivity contribution < 1.29 is 0 Å². The molecule has 0 spiro atoms. The molecule has 1 aliphatic rings. The Labute approximate surface area is 91.7 Å². The van der Waals surface area contributed by atoms with E-state index in [1.807, 2.05) is 6.20 Å². The molecule has 2 N–H and O–H groups in total. The highest BCUT2D eigenvalue weighted by Gasteiger charge is 2.22. The van der Waals surface area contributed by atoms with Crippen LogP contribution in [0.4, 0.5) is 0 Å². The van der Waals surface area contributed by atoms with Crippen LogP contribution in [0, 0.1) is 5.92 Å². The van der Waals surface area contributed by atoms with E-state index >= 15 is 0 Å². The van der Waals surface area contributed by atoms with Crippen molar-refractivity contribution in [3.05, 3.63) is 18.0 Å². The van der Waals surface area contributed by atoms with E-state index in [1.54, 1.807) is 0 Å². The van der Waals surface area contributed by atoms with Crippen LogP contribution >= 0.6 is 0 Å². The van der Waals surface area contributed by atoms with Crippen LogP contribution in [0.2, 0.25) is 0 Å². The standard InChI is InChI=1S/C12H21N3/c1-2-8-15-12(6-7-14-15)11(13)9-10-4-3-5-10/h6-7,10-11H,2-5,8-9,13H2,1H3. The first kappa shape index (κ1) is 10.7. The molecule has 0 radical (unpaired) electrons. The molecule has 0 bridgehead atoms. The minimum absolute atomic E-state index is 0.185. The van der Waals surface area contributed by atoms with E-state index in [0.717, 1.165) is 25.3 Å². The molecule has 0 amide bonds. The highest BCUT2D eigenvalue weighted by Crippen LogP contribution is 2.33. The third-order valence-corrected chi connectivity index (χ3v) is 3.38. The fraction of sp³-hybridized carbons (Fsp3) is 0.750. The molecule has 1 aromatic rings. The largest absolute Gasteiger partial charge is 0.323 e. The van der Waals surface area contributed by atoms with Gasteiger partial charge in [0.05, 0.1) is 5.69 Å². The zero-order chi connectivity index (χ0) is 10.7. The third kappa shape index (κ3) is 2.40. The number of rotatable bonds is 5. The van der Waals surface area contributed by atoms with Gasteiger partial charge in [0.2, 0.25) is 0 Å². The van der Waals surface area contributed by atoms with E-state index in [2.05, 4.69) is 22.8 Å². The zero-order valence-corrected chi connectivity index (χ0v) is 9.52. The maximum absolute atomic E-state index is 6.22. The molecular formula is C12H21N3. The molecule has 1 saturated carbocycles. The van der Waals surface area contributed by atoms with Crippen molar-refractivity contribution in [3.8, 4) is 0 Å². The fourth-order valence-electron chi connectivity index (χ4n) is 2.26. The van der Waals surface area contributed by atoms with Crippen molar-refractivity contribution in [2.24, 2.45) is 11.7 Å². The molecule has 3 nitrogen and oxygen atoms in total. The van der Waals surface area contributed by atoms with Crippen LogP contribution in [-0.2, 0) is 6.54 Å². The Morgan fingerprint density at radius 3 is 3.00 bits per heavy atom. The van der Waals surface area contributed by atoms with E-state index < -0.39 is 0 Å². The van der Waals surface area contributed by atoms with Gasteiger partial charge < -0.3 is 5.73 Å². The number of aryl methyl sites for hydroxylation is 1. The molecule has 1 unspecified atom stereocenters. The molecule has 0 aromatic carbocycles. The van der Waals surface area contributed by atoms with Gasteiger partial charge in [-0.25, -0.2) is 0 Å². The fourth-order valence-corrected chi connectivity index (χ4v) is 2.26. The summed E-state index contributed by atoms with van der Waals surface area (Å²) in [6.45, 7) is 3.16. The summed E-state index contributed by atoms with van der Waals surface area (Å²) in [7, 11) is 0. The van der Waals surface area contributed by atoms with E-state index in [0.29, 0.717) is 0 Å². The van der Waals surface area contributed by atoms with Gasteiger partial charge in [-0.05, 0) is 24.8 Å². The van der Waals surface area contributed by atoms with Crippen LogP contribution in [0.3, 0.4) is 0 Å². The summed E-state index contributed by atoms with van der Waals surface area (Å²) >= 11 is 0. The molecular weight excluding hydrogens is 186 g/mol. The Balaban J connectivity index is 1.96. The minimum atomic E-state index is 0.185. The van der Waals surface area contributed by atoms with Crippen LogP contribution < -0.4 is 5.73 Å². The van der Waals surface area contributed by atoms with Crippen molar-refractivity contribution in [1.29, 1.82) is 0 Å². The molecule has 3 heteroatoms. The average Bonchev–Trinajstić information content (AvgIpc) is 2.60. The average molecular weight is 207 g/mol. The van der Waals surface area contributed by atoms with E-state index in [4.69, 9.17) is 5.73 Å². The van der Waals surface area contributed by atoms with E-state index in [1.165, 1.54) is 25.0 Å². The van der Waals surface area contributed by atoms with Crippen LogP contribution in [0.15, 0.2) is 12.3 Å². The molecule has 1 fully saturated rings. The van der Waals surface area contributed by atoms with Gasteiger partial charge in [0, 0.05) is 18.8 Å². The summed E-state index contributed by atoms with van der Waals surface area (Å²) in [6.07, 6.45) is 8.25. The van der Waals surface area contributed by atoms with Crippen molar-refractivity contribution >= 4 is 0 Å². The smallest absolute Gasteiger partial charge is 0.0551 e. The number of nitrogens with two attached hydrogens (primary N) is 1. The lowest BCUT2D eigenvalue weighted by Gasteiger charge is -2.28. The van der Waals surface area contributed by atoms with Crippen molar-refractivity contribution in [2.45, 2.75) is 51.6 Å². The van der Waals surface area contributed by atoms with Crippen LogP contribution in [-0.4, -0.2) is 9.78 Å². The molecule has 1 aliphatic carbocycles. The Morgan fingerprint density at radius 1 is 1.60 bits per heavy atom. The van der Waals surface area contributed by atoms with E-state index in [-0.39, 0.29) is 6.04 Å². The zero-order valence-electron chi connectivity index (χ0n) is 9.52. The number of hydrogen-bond acceptors (Lipinski definition) is 2. The quantitative estimate of drug-likeness (QED) is 0.806. The molecule has 1 aromatic heterocycles. The lowest BCUT2D eigenvalue weighted by molar-refractivity contribution is 0.273. The summed E-state index contributed by atoms with van der Waals surface area (Å²) in [4.78, 5) is 0. The highest BCUT2D eigenvalue weighted by atomic mass is 15.3. The topological polar surface area (TPSA) is 43.8 Å². The van der Waals surface area contributed by atoms with Crippen molar-refractivity contribution in [3.63, 3.8) is 0 Å². The lowest BCUT2D eigenvalue weighted by atomic mass is 9.80. The summed E-state index contributed by atoms with van der Waals surface area (Å²) in [5.74, 6) is 0.866. The van der Waals surface area contributed by atoms with Gasteiger partial charge in [-0.2, -0.15) is 5.10 Å². The minimum Gasteiger partial charge on any atom is -0.323 e. The number of aromatic nitrogens is 2. The van der Waals surface area contributed by atoms with Crippen molar-refractivity contribution in [1.82, 2.24) is 9.78 Å². The van der Waals surface area contributed by atoms with Gasteiger partial charge >= 0.3 is 0 Å². The summed E-state index contributed by atoms with van der Waals surface area (Å²) in [5, 5.41) is 4.31. The Kier molecular flexibility index (Phi) is 3.41. The molecule has 2 rings (SSSR count). The highest BCUT2D eigenvalue weighted by molar-refractivity contribution is 5.06. The van der Waals surface area contributed by atoms with E-state index in [9.17, 15) is 0 Å². The molecule has 1 heterocycles. The maximum Gasteiger partial charge on any atom is 0.0551 e. The third-order valence-electron chi connectivity index (χ3n) is 3.38. The van der Waals surface area contributed by atoms with Gasteiger partial charge in [0.25, 0.3) is 0 Å². The molecule has 0 aliphatic heterocycles. The van der Waals surface area contributed by atoms with Gasteiger partial charge in [0.1, 0.15) is 0 Å². The second-order valence-electron chi connectivity index (χ2n) is 4.62. The van der Waals surface area contributed by atoms with Gasteiger partial charge in [0.15, 0.2) is 0 Å². The van der Waals surface area contributed by atoms with Gasteiger partial charge in [-0.3, -0.25) is 4.68 Å². The normalized spacial score (nSPS) is 18.8. The number of nitrogens with zero attached hydrogens (tertiary/aromatic N) is 2. The predicted molar refractivity (Wildman–Crippen MR) is 61.4 cm³/mol. The number of hydrogen-bond donors (Lipinski definition) is 1. The monoisotopic (exact) mass is 207 g/mol. The first-order valence-electron chi connectivity index (χ1n) is 6.08. The maximum atomic E-state index is 6.22. The Bertz CT molecular complexity index is 302. The molecule has 0 saturated heterocycles. The van der Waals surface area contributed by atoms with Gasteiger partial charge in [-0.15, -0.1) is 0 Å². The SMILES string of the molecule is CCCn1nccc1C(N)CC1CCC1. The van der Waals surface area contributed by atoms with Crippen LogP contribution in [0.5, 0.6) is 0 Å². The first-order valence-corrected chi connectivity index (χ1v) is 6.08. The van der Waals surface area contributed by atoms with Crippen LogP contribution in [0.25, 0.3) is 0 Å². The van der Waals surface area contributed by atoms with Gasteiger partial charge in [-0.1, -0.05) is 26.2 Å². The Morgan fingerprint density at radius 2 is 2.40 bits per heavy atom. The predicted octanol–water partition coefficient (Wildman–Crippen LogP) is 2.48. The Hall–Kier alpha value is -0.830. The second kappa shape index (κ2) is 4.79. The van der Waals surface area contributed by atoms with Crippen molar-refractivity contribution in [2.75, 3.05) is 0 Å². The summed E-state index contributed by atoms with van der Waals surface area (Å²) < 4.78 is 2.06. The second-order valence-corrected chi connectivity index (χ2v) is 4.62. The first-order chi connectivity index (χ1) is 7.31. The molecule has 1 atom stereocenters. The molecule has 84 valence electrons. The lowest BCUT2D eigenvalue weighted by Crippen LogP contribution is -2.22. The summed E-state index contributed by atoms with van der Waals surface area (Å²) in [6, 6.07) is 2.25. The molecule has 15 heavy (non-hydrogen) atoms. The summed E-state index contributed by atoms with van der Waals surface area (Å²) in [5.41, 5.74) is 7.43.